The van der Waals surface area contributed by atoms with Gasteiger partial charge in [-0.3, -0.25) is 0 Å². The monoisotopic (exact) mass is 297 g/mol. The van der Waals surface area contributed by atoms with Crippen molar-refractivity contribution in [2.24, 2.45) is 5.92 Å². The molecule has 1 aromatic rings. The number of hydrogen-bond donors (Lipinski definition) is 0. The molecule has 1 heterocycles. The van der Waals surface area contributed by atoms with Gasteiger partial charge in [-0.2, -0.15) is 0 Å². The molecule has 3 nitrogen and oxygen atoms in total. The van der Waals surface area contributed by atoms with E-state index < -0.39 is 0 Å². The van der Waals surface area contributed by atoms with Crippen LogP contribution in [0.15, 0.2) is 54.3 Å². The van der Waals surface area contributed by atoms with Crippen molar-refractivity contribution in [3.63, 3.8) is 0 Å². The summed E-state index contributed by atoms with van der Waals surface area (Å²) in [5.74, 6) is 0.117. The molecule has 116 valence electrons. The van der Waals surface area contributed by atoms with Gasteiger partial charge in [-0.05, 0) is 37.0 Å². The minimum absolute atomic E-state index is 0.0103. The lowest BCUT2D eigenvalue weighted by Crippen LogP contribution is -2.32. The summed E-state index contributed by atoms with van der Waals surface area (Å²) in [6, 6.07) is 9.28. The molecule has 1 aromatic carbocycles. The molecule has 3 rings (SSSR count). The predicted molar refractivity (Wildman–Crippen MR) is 87.5 cm³/mol. The van der Waals surface area contributed by atoms with Crippen molar-refractivity contribution in [2.75, 3.05) is 13.6 Å². The van der Waals surface area contributed by atoms with Crippen LogP contribution in [0.4, 0.5) is 0 Å². The molecule has 0 amide bonds. The average Bonchev–Trinajstić information content (AvgIpc) is 2.56. The Kier molecular flexibility index (Phi) is 4.62. The van der Waals surface area contributed by atoms with Crippen LogP contribution in [0.1, 0.15) is 36.0 Å². The van der Waals surface area contributed by atoms with Gasteiger partial charge in [0, 0.05) is 25.7 Å². The van der Waals surface area contributed by atoms with Crippen LogP contribution in [-0.2, 0) is 4.74 Å². The van der Waals surface area contributed by atoms with Gasteiger partial charge in [0.25, 0.3) is 0 Å². The van der Waals surface area contributed by atoms with Crippen molar-refractivity contribution in [3.05, 3.63) is 59.8 Å². The third kappa shape index (κ3) is 3.41. The number of carbonyl (C=O) groups is 1. The second kappa shape index (κ2) is 6.82. The van der Waals surface area contributed by atoms with Crippen molar-refractivity contribution in [3.8, 4) is 0 Å². The van der Waals surface area contributed by atoms with Gasteiger partial charge < -0.3 is 9.64 Å². The van der Waals surface area contributed by atoms with Crippen molar-refractivity contribution >= 4 is 5.97 Å². The van der Waals surface area contributed by atoms with E-state index in [-0.39, 0.29) is 12.1 Å². The van der Waals surface area contributed by atoms with E-state index in [0.717, 1.165) is 25.8 Å². The first-order valence-corrected chi connectivity index (χ1v) is 8.08. The number of esters is 1. The SMILES string of the molecule is CN1C=C([C@@H]2CCCC[C@@H]2OC(=O)c2ccccc2)C=CC1. The van der Waals surface area contributed by atoms with E-state index in [0.29, 0.717) is 11.5 Å². The second-order valence-corrected chi connectivity index (χ2v) is 6.17. The number of benzene rings is 1. The fourth-order valence-corrected chi connectivity index (χ4v) is 3.32. The highest BCUT2D eigenvalue weighted by Crippen LogP contribution is 2.34. The second-order valence-electron chi connectivity index (χ2n) is 6.17. The molecule has 0 saturated heterocycles. The third-order valence-electron chi connectivity index (χ3n) is 4.47. The molecule has 22 heavy (non-hydrogen) atoms. The maximum Gasteiger partial charge on any atom is 0.338 e. The molecule has 1 aliphatic carbocycles. The van der Waals surface area contributed by atoms with Crippen LogP contribution in [0, 0.1) is 5.92 Å². The number of rotatable bonds is 3. The van der Waals surface area contributed by atoms with Crippen LogP contribution in [-0.4, -0.2) is 30.6 Å². The molecule has 1 fully saturated rings. The Labute approximate surface area is 132 Å². The van der Waals surface area contributed by atoms with Gasteiger partial charge in [0.05, 0.1) is 5.56 Å². The van der Waals surface area contributed by atoms with Crippen LogP contribution >= 0.6 is 0 Å². The Morgan fingerprint density at radius 2 is 1.95 bits per heavy atom. The van der Waals surface area contributed by atoms with Gasteiger partial charge in [-0.1, -0.05) is 36.8 Å². The Morgan fingerprint density at radius 1 is 1.18 bits per heavy atom. The summed E-state index contributed by atoms with van der Waals surface area (Å²) in [6.07, 6.45) is 11.0. The highest BCUT2D eigenvalue weighted by Gasteiger charge is 2.31. The van der Waals surface area contributed by atoms with E-state index in [4.69, 9.17) is 4.74 Å². The molecule has 0 unspecified atom stereocenters. The molecule has 2 atom stereocenters. The Morgan fingerprint density at radius 3 is 2.73 bits per heavy atom. The first kappa shape index (κ1) is 14.9. The molecule has 2 aliphatic rings. The lowest BCUT2D eigenvalue weighted by atomic mass is 9.81. The van der Waals surface area contributed by atoms with Gasteiger partial charge in [0.2, 0.25) is 0 Å². The average molecular weight is 297 g/mol. The van der Waals surface area contributed by atoms with Crippen LogP contribution < -0.4 is 0 Å². The van der Waals surface area contributed by atoms with Crippen molar-refractivity contribution in [1.29, 1.82) is 0 Å². The molecular weight excluding hydrogens is 274 g/mol. The summed E-state index contributed by atoms with van der Waals surface area (Å²) in [6.45, 7) is 0.949. The van der Waals surface area contributed by atoms with Gasteiger partial charge in [0.1, 0.15) is 6.10 Å². The molecule has 0 spiro atoms. The molecular formula is C19H23NO2. The number of hydrogen-bond acceptors (Lipinski definition) is 3. The standard InChI is InChI=1S/C19H23NO2/c1-20-13-7-10-16(14-20)17-11-5-6-12-18(17)22-19(21)15-8-3-2-4-9-15/h2-4,7-10,14,17-18H,5-6,11-13H2,1H3/t17-,18-/m0/s1. The highest BCUT2D eigenvalue weighted by molar-refractivity contribution is 5.89. The Balaban J connectivity index is 1.73. The molecule has 0 bridgehead atoms. The zero-order valence-corrected chi connectivity index (χ0v) is 13.1. The predicted octanol–water partition coefficient (Wildman–Crippen LogP) is 3.79. The van der Waals surface area contributed by atoms with E-state index in [1.807, 2.05) is 30.3 Å². The first-order chi connectivity index (χ1) is 10.7. The van der Waals surface area contributed by atoms with E-state index >= 15 is 0 Å². The van der Waals surface area contributed by atoms with Gasteiger partial charge in [-0.25, -0.2) is 4.79 Å². The molecule has 0 N–H and O–H groups in total. The van der Waals surface area contributed by atoms with Crippen LogP contribution in [0.5, 0.6) is 0 Å². The normalized spacial score (nSPS) is 24.8. The number of likely N-dealkylation sites (N-methyl/N-ethyl adjacent to an activating group) is 1. The van der Waals surface area contributed by atoms with Gasteiger partial charge in [-0.15, -0.1) is 0 Å². The zero-order chi connectivity index (χ0) is 15.4. The number of nitrogens with zero attached hydrogens (tertiary/aromatic N) is 1. The zero-order valence-electron chi connectivity index (χ0n) is 13.1. The minimum atomic E-state index is -0.203. The summed E-state index contributed by atoms with van der Waals surface area (Å²) in [5.41, 5.74) is 1.93. The van der Waals surface area contributed by atoms with E-state index in [1.165, 1.54) is 12.0 Å². The lowest BCUT2D eigenvalue weighted by Gasteiger charge is -2.33. The third-order valence-corrected chi connectivity index (χ3v) is 4.47. The molecule has 1 saturated carbocycles. The maximum absolute atomic E-state index is 12.3. The molecule has 0 aromatic heterocycles. The number of ether oxygens (including phenoxy) is 1. The number of allylic oxidation sites excluding steroid dienone is 1. The Hall–Kier alpha value is -2.03. The largest absolute Gasteiger partial charge is 0.458 e. The summed E-state index contributed by atoms with van der Waals surface area (Å²) in [7, 11) is 2.08. The van der Waals surface area contributed by atoms with Gasteiger partial charge in [0.15, 0.2) is 0 Å². The van der Waals surface area contributed by atoms with Crippen LogP contribution in [0.25, 0.3) is 0 Å². The fraction of sp³-hybridized carbons (Fsp3) is 0.421. The Bertz CT molecular complexity index is 576. The minimum Gasteiger partial charge on any atom is -0.458 e. The van der Waals surface area contributed by atoms with E-state index in [9.17, 15) is 4.79 Å². The maximum atomic E-state index is 12.3. The molecule has 1 aliphatic heterocycles. The van der Waals surface area contributed by atoms with Crippen LogP contribution in [0.3, 0.4) is 0 Å². The first-order valence-electron chi connectivity index (χ1n) is 8.08. The fourth-order valence-electron chi connectivity index (χ4n) is 3.32. The lowest BCUT2D eigenvalue weighted by molar-refractivity contribution is 0.00810. The summed E-state index contributed by atoms with van der Waals surface area (Å²) < 4.78 is 5.85. The smallest absolute Gasteiger partial charge is 0.338 e. The van der Waals surface area contributed by atoms with Crippen molar-refractivity contribution in [2.45, 2.75) is 31.8 Å². The van der Waals surface area contributed by atoms with Crippen molar-refractivity contribution < 1.29 is 9.53 Å². The summed E-state index contributed by atoms with van der Waals surface area (Å²) >= 11 is 0. The molecule has 3 heteroatoms. The number of carbonyl (C=O) groups excluding carboxylic acids is 1. The van der Waals surface area contributed by atoms with Gasteiger partial charge >= 0.3 is 5.97 Å². The quantitative estimate of drug-likeness (QED) is 0.795. The summed E-state index contributed by atoms with van der Waals surface area (Å²) in [4.78, 5) is 14.5. The molecule has 0 radical (unpaired) electrons. The van der Waals surface area contributed by atoms with Crippen molar-refractivity contribution in [1.82, 2.24) is 4.90 Å². The highest BCUT2D eigenvalue weighted by atomic mass is 16.5. The topological polar surface area (TPSA) is 29.5 Å². The van der Waals surface area contributed by atoms with E-state index in [1.54, 1.807) is 0 Å². The van der Waals surface area contributed by atoms with Crippen LogP contribution in [0.2, 0.25) is 0 Å². The summed E-state index contributed by atoms with van der Waals surface area (Å²) in [5, 5.41) is 0. The van der Waals surface area contributed by atoms with E-state index in [2.05, 4.69) is 30.3 Å².